The molecule has 1 aromatic rings. The number of hydrogen-bond acceptors (Lipinski definition) is 4. The zero-order valence-electron chi connectivity index (χ0n) is 11.1. The van der Waals surface area contributed by atoms with Gasteiger partial charge >= 0.3 is 0 Å². The molecule has 0 aliphatic heterocycles. The van der Waals surface area contributed by atoms with Gasteiger partial charge in [-0.3, -0.25) is 4.98 Å². The molecule has 0 spiro atoms. The monoisotopic (exact) mass is 238 g/mol. The van der Waals surface area contributed by atoms with E-state index in [-0.39, 0.29) is 12.1 Å². The number of hydrogen-bond donors (Lipinski definition) is 1. The average Bonchev–Trinajstić information content (AvgIpc) is 2.38. The predicted molar refractivity (Wildman–Crippen MR) is 68.3 cm³/mol. The first-order valence-electron chi connectivity index (χ1n) is 5.96. The summed E-state index contributed by atoms with van der Waals surface area (Å²) in [6.07, 6.45) is 4.72. The number of nitrogens with one attached hydrogen (secondary N) is 1. The quantitative estimate of drug-likeness (QED) is 0.790. The van der Waals surface area contributed by atoms with Crippen LogP contribution in [-0.4, -0.2) is 31.9 Å². The fourth-order valence-corrected chi connectivity index (χ4v) is 1.75. The summed E-state index contributed by atoms with van der Waals surface area (Å²) in [5, 5.41) is 3.44. The van der Waals surface area contributed by atoms with Gasteiger partial charge in [0, 0.05) is 19.3 Å². The van der Waals surface area contributed by atoms with E-state index in [0.717, 1.165) is 24.3 Å². The molecular formula is C13H22N2O2. The Morgan fingerprint density at radius 2 is 2.12 bits per heavy atom. The number of ether oxygens (including phenoxy) is 2. The van der Waals surface area contributed by atoms with Crippen molar-refractivity contribution < 1.29 is 9.47 Å². The molecule has 0 bridgehead atoms. The van der Waals surface area contributed by atoms with Crippen molar-refractivity contribution in [3.05, 3.63) is 24.0 Å². The molecule has 4 heteroatoms. The van der Waals surface area contributed by atoms with Gasteiger partial charge in [-0.2, -0.15) is 0 Å². The standard InChI is InChI=1S/C13H22N2O2/c1-5-15-13(6-10(2)16-3)11-7-12(17-4)9-14-8-11/h7-10,13,15H,5-6H2,1-4H3. The Labute approximate surface area is 103 Å². The van der Waals surface area contributed by atoms with Crippen LogP contribution < -0.4 is 10.1 Å². The molecule has 0 aliphatic rings. The maximum absolute atomic E-state index is 5.31. The highest BCUT2D eigenvalue weighted by molar-refractivity contribution is 5.26. The molecule has 0 saturated heterocycles. The summed E-state index contributed by atoms with van der Waals surface area (Å²) in [6, 6.07) is 2.26. The maximum atomic E-state index is 5.31. The molecular weight excluding hydrogens is 216 g/mol. The summed E-state index contributed by atoms with van der Waals surface area (Å²) >= 11 is 0. The highest BCUT2D eigenvalue weighted by Gasteiger charge is 2.15. The van der Waals surface area contributed by atoms with E-state index in [1.165, 1.54) is 0 Å². The van der Waals surface area contributed by atoms with Gasteiger partial charge in [0.05, 0.1) is 19.4 Å². The van der Waals surface area contributed by atoms with Crippen LogP contribution in [0.2, 0.25) is 0 Å². The van der Waals surface area contributed by atoms with Gasteiger partial charge in [0.15, 0.2) is 0 Å². The number of rotatable bonds is 7. The zero-order valence-corrected chi connectivity index (χ0v) is 11.1. The van der Waals surface area contributed by atoms with E-state index in [0.29, 0.717) is 0 Å². The van der Waals surface area contributed by atoms with Crippen LogP contribution in [0, 0.1) is 0 Å². The summed E-state index contributed by atoms with van der Waals surface area (Å²) in [5.41, 5.74) is 1.13. The normalized spacial score (nSPS) is 14.4. The van der Waals surface area contributed by atoms with E-state index in [9.17, 15) is 0 Å². The molecule has 0 radical (unpaired) electrons. The van der Waals surface area contributed by atoms with E-state index < -0.39 is 0 Å². The first-order chi connectivity index (χ1) is 8.21. The van der Waals surface area contributed by atoms with E-state index in [1.54, 1.807) is 20.4 Å². The minimum Gasteiger partial charge on any atom is -0.495 e. The molecule has 0 fully saturated rings. The van der Waals surface area contributed by atoms with Gasteiger partial charge in [0.25, 0.3) is 0 Å². The molecule has 2 unspecified atom stereocenters. The lowest BCUT2D eigenvalue weighted by Gasteiger charge is -2.21. The Morgan fingerprint density at radius 1 is 1.35 bits per heavy atom. The van der Waals surface area contributed by atoms with Crippen LogP contribution >= 0.6 is 0 Å². The molecule has 2 atom stereocenters. The third-order valence-corrected chi connectivity index (χ3v) is 2.79. The summed E-state index contributed by atoms with van der Waals surface area (Å²) in [6.45, 7) is 5.08. The van der Waals surface area contributed by atoms with E-state index in [2.05, 4.69) is 24.1 Å². The number of methoxy groups -OCH3 is 2. The lowest BCUT2D eigenvalue weighted by molar-refractivity contribution is 0.100. The first kappa shape index (κ1) is 13.9. The number of aromatic nitrogens is 1. The minimum atomic E-state index is 0.213. The molecule has 0 saturated carbocycles. The molecule has 0 aliphatic carbocycles. The Hall–Kier alpha value is -1.13. The minimum absolute atomic E-state index is 0.213. The van der Waals surface area contributed by atoms with Crippen molar-refractivity contribution in [2.45, 2.75) is 32.4 Å². The van der Waals surface area contributed by atoms with Crippen molar-refractivity contribution in [3.8, 4) is 5.75 Å². The van der Waals surface area contributed by atoms with Gasteiger partial charge in [-0.15, -0.1) is 0 Å². The van der Waals surface area contributed by atoms with Gasteiger partial charge in [-0.05, 0) is 31.5 Å². The third kappa shape index (κ3) is 4.32. The van der Waals surface area contributed by atoms with E-state index in [4.69, 9.17) is 9.47 Å². The van der Waals surface area contributed by atoms with Gasteiger partial charge in [0.1, 0.15) is 5.75 Å². The van der Waals surface area contributed by atoms with Crippen molar-refractivity contribution >= 4 is 0 Å². The van der Waals surface area contributed by atoms with Crippen molar-refractivity contribution in [1.29, 1.82) is 0 Å². The maximum Gasteiger partial charge on any atom is 0.137 e. The number of nitrogens with zero attached hydrogens (tertiary/aromatic N) is 1. The molecule has 1 heterocycles. The summed E-state index contributed by atoms with van der Waals surface area (Å²) in [4.78, 5) is 4.19. The van der Waals surface area contributed by atoms with Crippen LogP contribution in [0.15, 0.2) is 18.5 Å². The fraction of sp³-hybridized carbons (Fsp3) is 0.615. The van der Waals surface area contributed by atoms with Crippen LogP contribution in [0.4, 0.5) is 0 Å². The first-order valence-corrected chi connectivity index (χ1v) is 5.96. The van der Waals surface area contributed by atoms with E-state index in [1.807, 2.05) is 12.3 Å². The highest BCUT2D eigenvalue weighted by atomic mass is 16.5. The second-order valence-corrected chi connectivity index (χ2v) is 4.05. The van der Waals surface area contributed by atoms with Gasteiger partial charge < -0.3 is 14.8 Å². The van der Waals surface area contributed by atoms with Gasteiger partial charge in [0.2, 0.25) is 0 Å². The van der Waals surface area contributed by atoms with Crippen LogP contribution in [0.1, 0.15) is 31.9 Å². The van der Waals surface area contributed by atoms with Crippen LogP contribution in [0.25, 0.3) is 0 Å². The van der Waals surface area contributed by atoms with Crippen molar-refractivity contribution in [3.63, 3.8) is 0 Å². The lowest BCUT2D eigenvalue weighted by atomic mass is 10.0. The molecule has 17 heavy (non-hydrogen) atoms. The Bertz CT molecular complexity index is 331. The third-order valence-electron chi connectivity index (χ3n) is 2.79. The second kappa shape index (κ2) is 7.25. The highest BCUT2D eigenvalue weighted by Crippen LogP contribution is 2.22. The van der Waals surface area contributed by atoms with Crippen molar-refractivity contribution in [1.82, 2.24) is 10.3 Å². The molecule has 4 nitrogen and oxygen atoms in total. The Kier molecular flexibility index (Phi) is 5.94. The largest absolute Gasteiger partial charge is 0.495 e. The van der Waals surface area contributed by atoms with Gasteiger partial charge in [-0.25, -0.2) is 0 Å². The van der Waals surface area contributed by atoms with E-state index >= 15 is 0 Å². The molecule has 1 rings (SSSR count). The number of pyridine rings is 1. The predicted octanol–water partition coefficient (Wildman–Crippen LogP) is 2.17. The van der Waals surface area contributed by atoms with Crippen molar-refractivity contribution in [2.75, 3.05) is 20.8 Å². The van der Waals surface area contributed by atoms with Crippen LogP contribution in [-0.2, 0) is 4.74 Å². The summed E-state index contributed by atoms with van der Waals surface area (Å²) in [5.74, 6) is 0.787. The van der Waals surface area contributed by atoms with Crippen molar-refractivity contribution in [2.24, 2.45) is 0 Å². The van der Waals surface area contributed by atoms with Crippen LogP contribution in [0.5, 0.6) is 5.75 Å². The lowest BCUT2D eigenvalue weighted by Crippen LogP contribution is -2.25. The average molecular weight is 238 g/mol. The zero-order chi connectivity index (χ0) is 12.7. The summed E-state index contributed by atoms with van der Waals surface area (Å²) in [7, 11) is 3.39. The summed E-state index contributed by atoms with van der Waals surface area (Å²) < 4.78 is 10.5. The Balaban J connectivity index is 2.80. The second-order valence-electron chi connectivity index (χ2n) is 4.05. The molecule has 1 aromatic heterocycles. The van der Waals surface area contributed by atoms with Crippen LogP contribution in [0.3, 0.4) is 0 Å². The Morgan fingerprint density at radius 3 is 2.71 bits per heavy atom. The fourth-order valence-electron chi connectivity index (χ4n) is 1.75. The molecule has 0 aromatic carbocycles. The van der Waals surface area contributed by atoms with Gasteiger partial charge in [-0.1, -0.05) is 6.92 Å². The molecule has 96 valence electrons. The SMILES string of the molecule is CCNC(CC(C)OC)c1cncc(OC)c1. The topological polar surface area (TPSA) is 43.4 Å². The molecule has 0 amide bonds. The smallest absolute Gasteiger partial charge is 0.137 e. The molecule has 1 N–H and O–H groups in total.